The van der Waals surface area contributed by atoms with Crippen LogP contribution in [0.15, 0.2) is 60.7 Å². The number of hydrogen-bond acceptors (Lipinski definition) is 3. The van der Waals surface area contributed by atoms with Crippen molar-refractivity contribution < 1.29 is 9.53 Å². The van der Waals surface area contributed by atoms with Gasteiger partial charge in [0.15, 0.2) is 0 Å². The van der Waals surface area contributed by atoms with E-state index in [1.807, 2.05) is 72.5 Å². The van der Waals surface area contributed by atoms with E-state index < -0.39 is 0 Å². The van der Waals surface area contributed by atoms with Crippen molar-refractivity contribution >= 4 is 16.8 Å². The number of pyridine rings is 1. The lowest BCUT2D eigenvalue weighted by Crippen LogP contribution is -2.41. The van der Waals surface area contributed by atoms with Gasteiger partial charge in [-0.05, 0) is 44.0 Å². The maximum absolute atomic E-state index is 13.1. The summed E-state index contributed by atoms with van der Waals surface area (Å²) >= 11 is 0. The number of piperidine rings is 1. The van der Waals surface area contributed by atoms with Crippen LogP contribution in [0.5, 0.6) is 5.75 Å². The zero-order valence-corrected chi connectivity index (χ0v) is 15.6. The summed E-state index contributed by atoms with van der Waals surface area (Å²) in [5.41, 5.74) is 2.43. The van der Waals surface area contributed by atoms with Gasteiger partial charge in [0, 0.05) is 24.4 Å². The van der Waals surface area contributed by atoms with Crippen LogP contribution < -0.4 is 4.74 Å². The molecule has 2 heterocycles. The van der Waals surface area contributed by atoms with E-state index in [1.54, 1.807) is 0 Å². The van der Waals surface area contributed by atoms with E-state index in [-0.39, 0.29) is 5.91 Å². The zero-order chi connectivity index (χ0) is 18.6. The Bertz CT molecular complexity index is 940. The molecule has 1 aliphatic heterocycles. The molecule has 0 aliphatic carbocycles. The Morgan fingerprint density at radius 3 is 2.78 bits per heavy atom. The second-order valence-corrected chi connectivity index (χ2v) is 7.20. The molecule has 0 saturated carbocycles. The lowest BCUT2D eigenvalue weighted by Gasteiger charge is -2.33. The second-order valence-electron chi connectivity index (χ2n) is 7.20. The van der Waals surface area contributed by atoms with Crippen molar-refractivity contribution in [2.45, 2.75) is 19.8 Å². The Balaban J connectivity index is 1.46. The van der Waals surface area contributed by atoms with Gasteiger partial charge in [0.05, 0.1) is 23.4 Å². The fourth-order valence-electron chi connectivity index (χ4n) is 3.72. The van der Waals surface area contributed by atoms with Gasteiger partial charge in [0.25, 0.3) is 5.91 Å². The summed E-state index contributed by atoms with van der Waals surface area (Å²) in [6.07, 6.45) is 2.10. The van der Waals surface area contributed by atoms with Gasteiger partial charge in [-0.15, -0.1) is 0 Å². The van der Waals surface area contributed by atoms with Gasteiger partial charge in [-0.2, -0.15) is 0 Å². The molecule has 3 aromatic rings. The minimum atomic E-state index is 0.0789. The highest BCUT2D eigenvalue weighted by Crippen LogP contribution is 2.23. The molecule has 1 fully saturated rings. The van der Waals surface area contributed by atoms with Crippen LogP contribution in [0, 0.1) is 12.8 Å². The maximum Gasteiger partial charge on any atom is 0.255 e. The third-order valence-corrected chi connectivity index (χ3v) is 5.18. The number of benzene rings is 2. The second kappa shape index (κ2) is 7.78. The van der Waals surface area contributed by atoms with Crippen molar-refractivity contribution in [1.82, 2.24) is 9.88 Å². The minimum absolute atomic E-state index is 0.0789. The molecule has 1 aliphatic rings. The molecule has 1 aromatic heterocycles. The topological polar surface area (TPSA) is 42.4 Å². The third-order valence-electron chi connectivity index (χ3n) is 5.18. The lowest BCUT2D eigenvalue weighted by molar-refractivity contribution is 0.0632. The van der Waals surface area contributed by atoms with Gasteiger partial charge >= 0.3 is 0 Å². The van der Waals surface area contributed by atoms with E-state index in [9.17, 15) is 4.79 Å². The lowest BCUT2D eigenvalue weighted by atomic mass is 9.97. The van der Waals surface area contributed by atoms with Crippen molar-refractivity contribution in [2.24, 2.45) is 5.92 Å². The van der Waals surface area contributed by atoms with Crippen LogP contribution in [0.1, 0.15) is 28.9 Å². The number of fused-ring (bicyclic) bond motifs is 1. The molecule has 1 atom stereocenters. The van der Waals surface area contributed by atoms with Crippen LogP contribution in [0.4, 0.5) is 0 Å². The monoisotopic (exact) mass is 360 g/mol. The van der Waals surface area contributed by atoms with Crippen molar-refractivity contribution in [3.8, 4) is 5.75 Å². The fraction of sp³-hybridized carbons (Fsp3) is 0.304. The largest absolute Gasteiger partial charge is 0.493 e. The molecular weight excluding hydrogens is 336 g/mol. The predicted molar refractivity (Wildman–Crippen MR) is 107 cm³/mol. The number of amides is 1. The summed E-state index contributed by atoms with van der Waals surface area (Å²) in [5, 5.41) is 1.01. The van der Waals surface area contributed by atoms with Crippen LogP contribution in [0.3, 0.4) is 0 Å². The summed E-state index contributed by atoms with van der Waals surface area (Å²) in [6.45, 7) is 4.09. The number of carbonyl (C=O) groups is 1. The Morgan fingerprint density at radius 2 is 1.93 bits per heavy atom. The highest BCUT2D eigenvalue weighted by atomic mass is 16.5. The first-order valence-corrected chi connectivity index (χ1v) is 9.54. The van der Waals surface area contributed by atoms with Gasteiger partial charge in [-0.25, -0.2) is 0 Å². The molecule has 0 N–H and O–H groups in total. The molecule has 1 amide bonds. The van der Waals surface area contributed by atoms with Crippen LogP contribution in [0.2, 0.25) is 0 Å². The van der Waals surface area contributed by atoms with Crippen molar-refractivity contribution in [1.29, 1.82) is 0 Å². The Kier molecular flexibility index (Phi) is 5.05. The fourth-order valence-corrected chi connectivity index (χ4v) is 3.72. The van der Waals surface area contributed by atoms with E-state index >= 15 is 0 Å². The summed E-state index contributed by atoms with van der Waals surface area (Å²) < 4.78 is 5.91. The molecule has 4 nitrogen and oxygen atoms in total. The van der Waals surface area contributed by atoms with Crippen LogP contribution in [-0.2, 0) is 0 Å². The van der Waals surface area contributed by atoms with Crippen LogP contribution in [-0.4, -0.2) is 35.5 Å². The normalized spacial score (nSPS) is 17.1. The molecule has 1 unspecified atom stereocenters. The Morgan fingerprint density at radius 1 is 1.15 bits per heavy atom. The molecule has 2 aromatic carbocycles. The summed E-state index contributed by atoms with van der Waals surface area (Å²) in [4.78, 5) is 19.7. The number of ether oxygens (including phenoxy) is 1. The number of nitrogens with zero attached hydrogens (tertiary/aromatic N) is 2. The Hall–Kier alpha value is -2.88. The van der Waals surface area contributed by atoms with Crippen LogP contribution in [0.25, 0.3) is 10.9 Å². The number of hydrogen-bond donors (Lipinski definition) is 0. The average Bonchev–Trinajstić information content (AvgIpc) is 2.72. The van der Waals surface area contributed by atoms with Gasteiger partial charge < -0.3 is 9.64 Å². The number of carbonyl (C=O) groups excluding carboxylic acids is 1. The highest BCUT2D eigenvalue weighted by Gasteiger charge is 2.26. The molecule has 0 spiro atoms. The number of rotatable bonds is 4. The number of aryl methyl sites for hydroxylation is 1. The molecule has 27 heavy (non-hydrogen) atoms. The summed E-state index contributed by atoms with van der Waals surface area (Å²) in [7, 11) is 0. The summed E-state index contributed by atoms with van der Waals surface area (Å²) in [6, 6.07) is 19.8. The quantitative estimate of drug-likeness (QED) is 0.689. The molecule has 138 valence electrons. The predicted octanol–water partition coefficient (Wildman–Crippen LogP) is 4.47. The van der Waals surface area contributed by atoms with Crippen LogP contribution >= 0.6 is 0 Å². The molecule has 0 bridgehead atoms. The summed E-state index contributed by atoms with van der Waals surface area (Å²) in [5.74, 6) is 1.32. The molecule has 4 heteroatoms. The number of aromatic nitrogens is 1. The average molecular weight is 360 g/mol. The number of para-hydroxylation sites is 2. The smallest absolute Gasteiger partial charge is 0.255 e. The van der Waals surface area contributed by atoms with Crippen molar-refractivity contribution in [3.05, 3.63) is 71.9 Å². The maximum atomic E-state index is 13.1. The first kappa shape index (κ1) is 17.5. The van der Waals surface area contributed by atoms with Gasteiger partial charge in [0.1, 0.15) is 5.75 Å². The van der Waals surface area contributed by atoms with E-state index in [2.05, 4.69) is 4.98 Å². The minimum Gasteiger partial charge on any atom is -0.493 e. The standard InChI is InChI=1S/C23H24N2O2/c1-17-21(14-19-9-5-6-12-22(19)24-17)23(26)25-13-7-8-18(15-25)16-27-20-10-3-2-4-11-20/h2-6,9-12,14,18H,7-8,13,15-16H2,1H3. The van der Waals surface area contributed by atoms with Crippen molar-refractivity contribution in [2.75, 3.05) is 19.7 Å². The molecule has 0 radical (unpaired) electrons. The van der Waals surface area contributed by atoms with Gasteiger partial charge in [-0.1, -0.05) is 36.4 Å². The SMILES string of the molecule is Cc1nc2ccccc2cc1C(=O)N1CCCC(COc2ccccc2)C1. The first-order chi connectivity index (χ1) is 13.2. The first-order valence-electron chi connectivity index (χ1n) is 9.54. The zero-order valence-electron chi connectivity index (χ0n) is 15.6. The number of likely N-dealkylation sites (tertiary alicyclic amines) is 1. The van der Waals surface area contributed by atoms with Gasteiger partial charge in [-0.3, -0.25) is 9.78 Å². The Labute approximate surface area is 159 Å². The van der Waals surface area contributed by atoms with Gasteiger partial charge in [0.2, 0.25) is 0 Å². The van der Waals surface area contributed by atoms with E-state index in [0.717, 1.165) is 48.3 Å². The van der Waals surface area contributed by atoms with E-state index in [4.69, 9.17) is 4.74 Å². The third kappa shape index (κ3) is 3.95. The molecular formula is C23H24N2O2. The molecule has 4 rings (SSSR count). The highest BCUT2D eigenvalue weighted by molar-refractivity contribution is 5.98. The molecule has 1 saturated heterocycles. The van der Waals surface area contributed by atoms with Crippen molar-refractivity contribution in [3.63, 3.8) is 0 Å². The van der Waals surface area contributed by atoms with E-state index in [1.165, 1.54) is 0 Å². The van der Waals surface area contributed by atoms with E-state index in [0.29, 0.717) is 18.1 Å².